The smallest absolute Gasteiger partial charge is 0.277 e. The Morgan fingerprint density at radius 2 is 1.96 bits per heavy atom. The first-order valence-electron chi connectivity index (χ1n) is 8.41. The number of benzene rings is 2. The van der Waals surface area contributed by atoms with E-state index in [1.165, 1.54) is 11.8 Å². The molecule has 0 aliphatic carbocycles. The van der Waals surface area contributed by atoms with Crippen LogP contribution in [0.3, 0.4) is 0 Å². The first kappa shape index (κ1) is 17.8. The van der Waals surface area contributed by atoms with Gasteiger partial charge in [-0.3, -0.25) is 0 Å². The molecular formula is C20H17N3O2S2. The summed E-state index contributed by atoms with van der Waals surface area (Å²) >= 11 is 3.11. The molecule has 0 radical (unpaired) electrons. The van der Waals surface area contributed by atoms with Crippen LogP contribution in [0.15, 0.2) is 69.6 Å². The van der Waals surface area contributed by atoms with Crippen molar-refractivity contribution in [2.24, 2.45) is 0 Å². The normalized spacial score (nSPS) is 10.9. The number of aryl methyl sites for hydroxylation is 1. The molecule has 0 saturated heterocycles. The Balaban J connectivity index is 1.31. The van der Waals surface area contributed by atoms with Crippen molar-refractivity contribution in [1.29, 1.82) is 0 Å². The third-order valence-corrected chi connectivity index (χ3v) is 5.51. The summed E-state index contributed by atoms with van der Waals surface area (Å²) < 4.78 is 11.3. The summed E-state index contributed by atoms with van der Waals surface area (Å²) in [6, 6.07) is 18.0. The van der Waals surface area contributed by atoms with Crippen LogP contribution in [0.1, 0.15) is 17.1 Å². The summed E-state index contributed by atoms with van der Waals surface area (Å²) in [5.74, 6) is 1.93. The average molecular weight is 396 g/mol. The van der Waals surface area contributed by atoms with E-state index in [1.54, 1.807) is 11.3 Å². The molecule has 0 aliphatic heterocycles. The number of thiazole rings is 1. The molecule has 0 fully saturated rings. The van der Waals surface area contributed by atoms with E-state index in [2.05, 4.69) is 32.7 Å². The summed E-state index contributed by atoms with van der Waals surface area (Å²) in [7, 11) is 0. The highest BCUT2D eigenvalue weighted by molar-refractivity contribution is 7.98. The quantitative estimate of drug-likeness (QED) is 0.392. The van der Waals surface area contributed by atoms with Gasteiger partial charge in [-0.05, 0) is 24.6 Å². The lowest BCUT2D eigenvalue weighted by Gasteiger charge is -2.03. The third kappa shape index (κ3) is 4.75. The predicted octanol–water partition coefficient (Wildman–Crippen LogP) is 5.37. The van der Waals surface area contributed by atoms with Crippen LogP contribution >= 0.6 is 23.1 Å². The maximum atomic E-state index is 5.69. The number of hydrogen-bond donors (Lipinski definition) is 0. The Kier molecular flexibility index (Phi) is 5.50. The van der Waals surface area contributed by atoms with Crippen LogP contribution in [0, 0.1) is 6.92 Å². The van der Waals surface area contributed by atoms with Crippen molar-refractivity contribution in [3.05, 3.63) is 77.1 Å². The fourth-order valence-corrected chi connectivity index (χ4v) is 4.03. The molecule has 0 N–H and O–H groups in total. The second kappa shape index (κ2) is 8.37. The van der Waals surface area contributed by atoms with Crippen LogP contribution in [0.25, 0.3) is 10.6 Å². The molecule has 4 aromatic rings. The maximum absolute atomic E-state index is 5.69. The second-order valence-corrected chi connectivity index (χ2v) is 7.65. The van der Waals surface area contributed by atoms with Crippen molar-refractivity contribution in [3.63, 3.8) is 0 Å². The predicted molar refractivity (Wildman–Crippen MR) is 107 cm³/mol. The van der Waals surface area contributed by atoms with Crippen molar-refractivity contribution in [1.82, 2.24) is 15.2 Å². The number of nitrogens with zero attached hydrogens (tertiary/aromatic N) is 3. The zero-order valence-corrected chi connectivity index (χ0v) is 16.3. The first-order valence-corrected chi connectivity index (χ1v) is 10.3. The molecular weight excluding hydrogens is 378 g/mol. The van der Waals surface area contributed by atoms with Gasteiger partial charge in [0.25, 0.3) is 11.1 Å². The van der Waals surface area contributed by atoms with E-state index >= 15 is 0 Å². The van der Waals surface area contributed by atoms with E-state index in [-0.39, 0.29) is 6.61 Å². The standard InChI is InChI=1S/C20H17N3O2S2/c1-14-6-5-9-17(10-14)24-11-18-22-23-20(25-18)27-13-16-12-26-19(21-16)15-7-3-2-4-8-15/h2-10,12H,11,13H2,1H3. The largest absolute Gasteiger partial charge is 0.484 e. The zero-order valence-electron chi connectivity index (χ0n) is 14.7. The number of rotatable bonds is 7. The molecule has 7 heteroatoms. The molecule has 0 saturated carbocycles. The Bertz CT molecular complexity index is 1010. The lowest BCUT2D eigenvalue weighted by Crippen LogP contribution is -1.95. The van der Waals surface area contributed by atoms with Gasteiger partial charge in [0.1, 0.15) is 10.8 Å². The van der Waals surface area contributed by atoms with E-state index in [1.807, 2.05) is 49.4 Å². The van der Waals surface area contributed by atoms with Gasteiger partial charge in [-0.25, -0.2) is 4.98 Å². The highest BCUT2D eigenvalue weighted by Crippen LogP contribution is 2.27. The molecule has 27 heavy (non-hydrogen) atoms. The highest BCUT2D eigenvalue weighted by atomic mass is 32.2. The number of aromatic nitrogens is 3. The van der Waals surface area contributed by atoms with Gasteiger partial charge in [-0.15, -0.1) is 21.5 Å². The lowest BCUT2D eigenvalue weighted by molar-refractivity contribution is 0.252. The molecule has 136 valence electrons. The van der Waals surface area contributed by atoms with Crippen molar-refractivity contribution < 1.29 is 9.15 Å². The summed E-state index contributed by atoms with van der Waals surface area (Å²) in [5.41, 5.74) is 3.28. The Hall–Kier alpha value is -2.64. The third-order valence-electron chi connectivity index (χ3n) is 3.72. The van der Waals surface area contributed by atoms with Crippen molar-refractivity contribution >= 4 is 23.1 Å². The van der Waals surface area contributed by atoms with Crippen LogP contribution in [0.5, 0.6) is 5.75 Å². The van der Waals surface area contributed by atoms with Crippen molar-refractivity contribution in [3.8, 4) is 16.3 Å². The zero-order chi connectivity index (χ0) is 18.5. The second-order valence-electron chi connectivity index (χ2n) is 5.87. The Morgan fingerprint density at radius 1 is 1.07 bits per heavy atom. The van der Waals surface area contributed by atoms with E-state index in [0.717, 1.165) is 27.6 Å². The van der Waals surface area contributed by atoms with Gasteiger partial charge in [0.2, 0.25) is 0 Å². The maximum Gasteiger partial charge on any atom is 0.277 e. The van der Waals surface area contributed by atoms with Crippen LogP contribution < -0.4 is 4.74 Å². The number of ether oxygens (including phenoxy) is 1. The molecule has 0 spiro atoms. The average Bonchev–Trinajstić information content (AvgIpc) is 3.35. The molecule has 0 unspecified atom stereocenters. The molecule has 2 heterocycles. The van der Waals surface area contributed by atoms with Crippen LogP contribution in [-0.4, -0.2) is 15.2 Å². The molecule has 4 rings (SSSR count). The fourth-order valence-electron chi connectivity index (χ4n) is 2.43. The van der Waals surface area contributed by atoms with Gasteiger partial charge in [0.05, 0.1) is 5.69 Å². The molecule has 0 atom stereocenters. The SMILES string of the molecule is Cc1cccc(OCc2nnc(SCc3csc(-c4ccccc4)n3)o2)c1. The van der Waals surface area contributed by atoms with Crippen molar-refractivity contribution in [2.45, 2.75) is 24.5 Å². The van der Waals surface area contributed by atoms with E-state index in [4.69, 9.17) is 9.15 Å². The molecule has 2 aromatic heterocycles. The molecule has 0 aliphatic rings. The molecule has 5 nitrogen and oxygen atoms in total. The summed E-state index contributed by atoms with van der Waals surface area (Å²) in [6.07, 6.45) is 0. The van der Waals surface area contributed by atoms with Crippen LogP contribution in [0.4, 0.5) is 0 Å². The minimum atomic E-state index is 0.256. The van der Waals surface area contributed by atoms with Gasteiger partial charge in [0.15, 0.2) is 6.61 Å². The summed E-state index contributed by atoms with van der Waals surface area (Å²) in [4.78, 5) is 4.67. The van der Waals surface area contributed by atoms with Gasteiger partial charge >= 0.3 is 0 Å². The van der Waals surface area contributed by atoms with E-state index < -0.39 is 0 Å². The topological polar surface area (TPSA) is 61.0 Å². The minimum absolute atomic E-state index is 0.256. The molecule has 0 amide bonds. The van der Waals surface area contributed by atoms with Gasteiger partial charge in [0, 0.05) is 16.7 Å². The van der Waals surface area contributed by atoms with Crippen LogP contribution in [0.2, 0.25) is 0 Å². The first-order chi connectivity index (χ1) is 13.3. The van der Waals surface area contributed by atoms with E-state index in [9.17, 15) is 0 Å². The minimum Gasteiger partial charge on any atom is -0.484 e. The number of thioether (sulfide) groups is 1. The van der Waals surface area contributed by atoms with E-state index in [0.29, 0.717) is 16.9 Å². The van der Waals surface area contributed by atoms with Crippen molar-refractivity contribution in [2.75, 3.05) is 0 Å². The number of hydrogen-bond acceptors (Lipinski definition) is 7. The Labute approximate surface area is 165 Å². The molecule has 0 bridgehead atoms. The molecule has 2 aromatic carbocycles. The van der Waals surface area contributed by atoms with Gasteiger partial charge < -0.3 is 9.15 Å². The summed E-state index contributed by atoms with van der Waals surface area (Å²) in [5, 5.41) is 11.7. The Morgan fingerprint density at radius 3 is 2.81 bits per heavy atom. The summed E-state index contributed by atoms with van der Waals surface area (Å²) in [6.45, 7) is 2.28. The van der Waals surface area contributed by atoms with Gasteiger partial charge in [-0.1, -0.05) is 54.2 Å². The fraction of sp³-hybridized carbons (Fsp3) is 0.150. The lowest BCUT2D eigenvalue weighted by atomic mass is 10.2. The monoisotopic (exact) mass is 395 g/mol. The highest BCUT2D eigenvalue weighted by Gasteiger charge is 2.10. The van der Waals surface area contributed by atoms with Gasteiger partial charge in [-0.2, -0.15) is 0 Å². The van der Waals surface area contributed by atoms with Crippen LogP contribution in [-0.2, 0) is 12.4 Å².